The van der Waals surface area contributed by atoms with Gasteiger partial charge in [0.1, 0.15) is 0 Å². The Balaban J connectivity index is 2.63. The van der Waals surface area contributed by atoms with Crippen molar-refractivity contribution >= 4 is 15.9 Å². The van der Waals surface area contributed by atoms with Gasteiger partial charge in [-0.15, -0.1) is 0 Å². The van der Waals surface area contributed by atoms with Crippen LogP contribution >= 0.6 is 15.9 Å². The normalized spacial score (nSPS) is 14.2. The zero-order valence-electron chi connectivity index (χ0n) is 10.5. The highest BCUT2D eigenvalue weighted by Gasteiger charge is 2.00. The quantitative estimate of drug-likeness (QED) is 0.702. The van der Waals surface area contributed by atoms with Crippen molar-refractivity contribution in [3.63, 3.8) is 0 Å². The molecule has 0 nitrogen and oxygen atoms in total. The molecule has 0 bridgehead atoms. The van der Waals surface area contributed by atoms with Crippen LogP contribution in [-0.4, -0.2) is 0 Å². The molecule has 0 radical (unpaired) electrons. The smallest absolute Gasteiger partial charge is 0.0280 e. The van der Waals surface area contributed by atoms with Gasteiger partial charge in [-0.3, -0.25) is 0 Å². The molecule has 0 N–H and O–H groups in total. The van der Waals surface area contributed by atoms with E-state index in [4.69, 9.17) is 4.11 Å². The molecule has 0 heterocycles. The summed E-state index contributed by atoms with van der Waals surface area (Å²) in [6.07, 6.45) is 0. The molecule has 0 atom stereocenters. The van der Waals surface area contributed by atoms with Crippen molar-refractivity contribution in [1.29, 1.82) is 0 Å². The summed E-state index contributed by atoms with van der Waals surface area (Å²) in [6.45, 7) is -2.10. The highest BCUT2D eigenvalue weighted by atomic mass is 79.9. The third-order valence-corrected chi connectivity index (χ3v) is 2.56. The first-order chi connectivity index (χ1) is 7.98. The Morgan fingerprint density at radius 1 is 1.07 bits per heavy atom. The Labute approximate surface area is 96.9 Å². The molecule has 0 fully saturated rings. The third kappa shape index (κ3) is 1.88. The summed E-state index contributed by atoms with van der Waals surface area (Å²) in [7, 11) is 0. The number of benzene rings is 2. The fraction of sp³-hybridized carbons (Fsp3) is 0.0769. The first-order valence-electron chi connectivity index (χ1n) is 5.84. The van der Waals surface area contributed by atoms with E-state index >= 15 is 0 Å². The van der Waals surface area contributed by atoms with Crippen LogP contribution in [0.4, 0.5) is 0 Å². The van der Waals surface area contributed by atoms with Gasteiger partial charge in [0.15, 0.2) is 0 Å². The second kappa shape index (κ2) is 3.97. The molecule has 0 aliphatic heterocycles. The Hall–Kier alpha value is -1.08. The van der Waals surface area contributed by atoms with Crippen molar-refractivity contribution in [2.75, 3.05) is 0 Å². The zero-order chi connectivity index (χ0) is 12.5. The Morgan fingerprint density at radius 2 is 1.86 bits per heavy atom. The van der Waals surface area contributed by atoms with Crippen LogP contribution in [0.2, 0.25) is 0 Å². The van der Waals surface area contributed by atoms with Gasteiger partial charge in [-0.25, -0.2) is 0 Å². The van der Waals surface area contributed by atoms with E-state index in [0.29, 0.717) is 5.56 Å². The van der Waals surface area contributed by atoms with Crippen LogP contribution in [0.5, 0.6) is 0 Å². The predicted octanol–water partition coefficient (Wildman–Crippen LogP) is 4.42. The van der Waals surface area contributed by atoms with Crippen LogP contribution in [-0.2, 0) is 0 Å². The van der Waals surface area contributed by atoms with E-state index in [9.17, 15) is 0 Å². The van der Waals surface area contributed by atoms with Gasteiger partial charge in [-0.1, -0.05) is 52.3 Å². The molecule has 2 aromatic carbocycles. The number of hydrogen-bond donors (Lipinski definition) is 0. The summed E-state index contributed by atoms with van der Waals surface area (Å²) < 4.78 is 23.5. The van der Waals surface area contributed by atoms with Gasteiger partial charge in [0.2, 0.25) is 0 Å². The number of rotatable bonds is 1. The lowest BCUT2D eigenvalue weighted by Crippen LogP contribution is -1.82. The van der Waals surface area contributed by atoms with Gasteiger partial charge >= 0.3 is 0 Å². The lowest BCUT2D eigenvalue weighted by molar-refractivity contribution is 1.44. The molecular weight excluding hydrogens is 236 g/mol. The Bertz CT molecular complexity index is 518. The van der Waals surface area contributed by atoms with E-state index in [1.807, 2.05) is 42.5 Å². The van der Waals surface area contributed by atoms with E-state index in [1.165, 1.54) is 0 Å². The molecule has 2 aromatic rings. The van der Waals surface area contributed by atoms with Crippen molar-refractivity contribution in [2.45, 2.75) is 6.85 Å². The SMILES string of the molecule is [2H]C([2H])([2H])c1cc(Br)ccc1-c1ccccc1. The molecule has 14 heavy (non-hydrogen) atoms. The number of hydrogen-bond acceptors (Lipinski definition) is 0. The molecule has 2 rings (SSSR count). The fourth-order valence-corrected chi connectivity index (χ4v) is 1.75. The van der Waals surface area contributed by atoms with Crippen molar-refractivity contribution in [1.82, 2.24) is 0 Å². The van der Waals surface area contributed by atoms with Gasteiger partial charge < -0.3 is 0 Å². The van der Waals surface area contributed by atoms with Crippen LogP contribution in [0.25, 0.3) is 11.1 Å². The van der Waals surface area contributed by atoms with Crippen LogP contribution in [0, 0.1) is 6.85 Å². The molecule has 0 aromatic heterocycles. The van der Waals surface area contributed by atoms with E-state index in [2.05, 4.69) is 15.9 Å². The summed E-state index contributed by atoms with van der Waals surface area (Å²) in [4.78, 5) is 0. The van der Waals surface area contributed by atoms with Crippen LogP contribution in [0.3, 0.4) is 0 Å². The second-order valence-corrected chi connectivity index (χ2v) is 3.97. The molecule has 0 aliphatic carbocycles. The highest BCUT2D eigenvalue weighted by molar-refractivity contribution is 9.10. The maximum atomic E-state index is 7.57. The monoisotopic (exact) mass is 249 g/mol. The number of halogens is 1. The minimum atomic E-state index is -2.10. The lowest BCUT2D eigenvalue weighted by Gasteiger charge is -2.05. The van der Waals surface area contributed by atoms with E-state index in [0.717, 1.165) is 15.6 Å². The van der Waals surface area contributed by atoms with Crippen molar-refractivity contribution in [2.24, 2.45) is 0 Å². The van der Waals surface area contributed by atoms with E-state index in [-0.39, 0.29) is 0 Å². The minimum Gasteiger partial charge on any atom is -0.0622 e. The molecule has 0 unspecified atom stereocenters. The summed E-state index contributed by atoms with van der Waals surface area (Å²) in [6, 6.07) is 14.9. The lowest BCUT2D eigenvalue weighted by atomic mass is 10.0. The largest absolute Gasteiger partial charge is 0.0622 e. The summed E-state index contributed by atoms with van der Waals surface area (Å²) in [5.74, 6) is 0. The van der Waals surface area contributed by atoms with E-state index < -0.39 is 6.85 Å². The zero-order valence-corrected chi connectivity index (χ0v) is 9.08. The molecule has 1 heteroatoms. The van der Waals surface area contributed by atoms with Gasteiger partial charge in [0, 0.05) is 8.58 Å². The van der Waals surface area contributed by atoms with Crippen molar-refractivity contribution in [3.8, 4) is 11.1 Å². The van der Waals surface area contributed by atoms with Gasteiger partial charge in [0.25, 0.3) is 0 Å². The summed E-state index contributed by atoms with van der Waals surface area (Å²) in [5.41, 5.74) is 2.05. The maximum Gasteiger partial charge on any atom is 0.0280 e. The van der Waals surface area contributed by atoms with Gasteiger partial charge in [-0.05, 0) is 35.7 Å². The Morgan fingerprint density at radius 3 is 2.57 bits per heavy atom. The molecule has 0 saturated carbocycles. The minimum absolute atomic E-state index is 0.373. The second-order valence-electron chi connectivity index (χ2n) is 3.06. The van der Waals surface area contributed by atoms with Crippen LogP contribution in [0.1, 0.15) is 9.68 Å². The summed E-state index contributed by atoms with van der Waals surface area (Å²) in [5, 5.41) is 0. The topological polar surface area (TPSA) is 0 Å². The van der Waals surface area contributed by atoms with E-state index in [1.54, 1.807) is 6.07 Å². The average Bonchev–Trinajstić information content (AvgIpc) is 2.29. The van der Waals surface area contributed by atoms with Gasteiger partial charge in [0.05, 0.1) is 0 Å². The standard InChI is InChI=1S/C13H11Br/c1-10-9-12(14)7-8-13(10)11-5-3-2-4-6-11/h2-9H,1H3/i1D3. The first kappa shape index (κ1) is 6.41. The molecule has 0 aliphatic rings. The number of aryl methyl sites for hydroxylation is 1. The molecule has 0 spiro atoms. The molecule has 0 saturated heterocycles. The molecule has 0 amide bonds. The fourth-order valence-electron chi connectivity index (χ4n) is 1.39. The third-order valence-electron chi connectivity index (χ3n) is 2.07. The first-order valence-corrected chi connectivity index (χ1v) is 5.13. The van der Waals surface area contributed by atoms with Crippen LogP contribution in [0.15, 0.2) is 53.0 Å². The Kier molecular flexibility index (Phi) is 1.82. The van der Waals surface area contributed by atoms with Crippen molar-refractivity contribution in [3.05, 3.63) is 58.6 Å². The highest BCUT2D eigenvalue weighted by Crippen LogP contribution is 2.25. The average molecular weight is 250 g/mol. The molecular formula is C13H11Br. The molecule has 70 valence electrons. The summed E-state index contributed by atoms with van der Waals surface area (Å²) >= 11 is 3.31. The van der Waals surface area contributed by atoms with Crippen molar-refractivity contribution < 1.29 is 4.11 Å². The maximum absolute atomic E-state index is 7.57. The van der Waals surface area contributed by atoms with Crippen LogP contribution < -0.4 is 0 Å². The van der Waals surface area contributed by atoms with Gasteiger partial charge in [-0.2, -0.15) is 0 Å². The predicted molar refractivity (Wildman–Crippen MR) is 64.3 cm³/mol.